The molecule has 0 atom stereocenters. The molecule has 0 bridgehead atoms. The zero-order valence-corrected chi connectivity index (χ0v) is 13.4. The minimum atomic E-state index is 0.594. The van der Waals surface area contributed by atoms with Gasteiger partial charge in [-0.05, 0) is 42.7 Å². The number of aromatic nitrogens is 2. The van der Waals surface area contributed by atoms with E-state index in [4.69, 9.17) is 0 Å². The molecule has 23 heavy (non-hydrogen) atoms. The van der Waals surface area contributed by atoms with Crippen molar-refractivity contribution in [1.82, 2.24) is 9.97 Å². The molecule has 0 unspecified atom stereocenters. The molecule has 0 radical (unpaired) electrons. The molecule has 4 heteroatoms. The smallest absolute Gasteiger partial charge is 0.229 e. The van der Waals surface area contributed by atoms with E-state index in [1.54, 1.807) is 6.20 Å². The van der Waals surface area contributed by atoms with Gasteiger partial charge in [-0.2, -0.15) is 4.98 Å². The minimum absolute atomic E-state index is 0.594. The zero-order valence-electron chi connectivity index (χ0n) is 13.4. The zero-order chi connectivity index (χ0) is 16.1. The molecule has 4 nitrogen and oxygen atoms in total. The van der Waals surface area contributed by atoms with E-state index in [0.29, 0.717) is 5.95 Å². The maximum absolute atomic E-state index is 4.52. The Balaban J connectivity index is 1.71. The lowest BCUT2D eigenvalue weighted by Crippen LogP contribution is -2.04. The highest BCUT2D eigenvalue weighted by Gasteiger charge is 2.03. The Hall–Kier alpha value is -2.88. The van der Waals surface area contributed by atoms with Gasteiger partial charge in [-0.1, -0.05) is 42.5 Å². The van der Waals surface area contributed by atoms with Gasteiger partial charge in [0.2, 0.25) is 5.95 Å². The Morgan fingerprint density at radius 1 is 0.957 bits per heavy atom. The molecule has 0 aliphatic rings. The van der Waals surface area contributed by atoms with Crippen molar-refractivity contribution in [2.24, 2.45) is 0 Å². The lowest BCUT2D eigenvalue weighted by molar-refractivity contribution is 1.08. The standard InChI is InChI=1S/C19H20N4/c1-14-8-9-15(2)17(12-14)22-19-20-11-10-18(23-19)21-13-16-6-4-3-5-7-16/h3-12H,13H2,1-2H3,(H2,20,21,22,23). The van der Waals surface area contributed by atoms with Gasteiger partial charge in [-0.3, -0.25) is 0 Å². The third kappa shape index (κ3) is 4.07. The van der Waals surface area contributed by atoms with Crippen LogP contribution in [-0.2, 0) is 6.54 Å². The van der Waals surface area contributed by atoms with Gasteiger partial charge in [0.05, 0.1) is 0 Å². The third-order valence-electron chi connectivity index (χ3n) is 3.61. The Bertz CT molecular complexity index is 784. The molecule has 116 valence electrons. The summed E-state index contributed by atoms with van der Waals surface area (Å²) in [6, 6.07) is 18.4. The van der Waals surface area contributed by atoms with Gasteiger partial charge in [0, 0.05) is 18.4 Å². The maximum atomic E-state index is 4.52. The van der Waals surface area contributed by atoms with Gasteiger partial charge in [0.15, 0.2) is 0 Å². The quantitative estimate of drug-likeness (QED) is 0.731. The first kappa shape index (κ1) is 15.0. The van der Waals surface area contributed by atoms with E-state index in [1.807, 2.05) is 24.3 Å². The van der Waals surface area contributed by atoms with E-state index in [2.05, 4.69) is 64.8 Å². The van der Waals surface area contributed by atoms with Crippen LogP contribution in [0.1, 0.15) is 16.7 Å². The summed E-state index contributed by atoms with van der Waals surface area (Å²) in [6.45, 7) is 4.88. The van der Waals surface area contributed by atoms with Crippen LogP contribution in [0.2, 0.25) is 0 Å². The van der Waals surface area contributed by atoms with Gasteiger partial charge < -0.3 is 10.6 Å². The fraction of sp³-hybridized carbons (Fsp3) is 0.158. The van der Waals surface area contributed by atoms with Crippen molar-refractivity contribution in [3.63, 3.8) is 0 Å². The number of hydrogen-bond donors (Lipinski definition) is 2. The van der Waals surface area contributed by atoms with E-state index < -0.39 is 0 Å². The van der Waals surface area contributed by atoms with Crippen LogP contribution < -0.4 is 10.6 Å². The highest BCUT2D eigenvalue weighted by molar-refractivity contribution is 5.60. The van der Waals surface area contributed by atoms with Crippen molar-refractivity contribution in [2.75, 3.05) is 10.6 Å². The number of anilines is 3. The van der Waals surface area contributed by atoms with Crippen molar-refractivity contribution in [3.05, 3.63) is 77.5 Å². The number of aryl methyl sites for hydroxylation is 2. The summed E-state index contributed by atoms with van der Waals surface area (Å²) < 4.78 is 0. The van der Waals surface area contributed by atoms with Crippen molar-refractivity contribution in [1.29, 1.82) is 0 Å². The molecule has 0 fully saturated rings. The Morgan fingerprint density at radius 2 is 1.78 bits per heavy atom. The fourth-order valence-corrected chi connectivity index (χ4v) is 2.30. The van der Waals surface area contributed by atoms with E-state index in [0.717, 1.165) is 18.1 Å². The summed E-state index contributed by atoms with van der Waals surface area (Å²) in [7, 11) is 0. The van der Waals surface area contributed by atoms with Crippen LogP contribution >= 0.6 is 0 Å². The van der Waals surface area contributed by atoms with E-state index in [1.165, 1.54) is 16.7 Å². The highest BCUT2D eigenvalue weighted by Crippen LogP contribution is 2.20. The van der Waals surface area contributed by atoms with E-state index >= 15 is 0 Å². The fourth-order valence-electron chi connectivity index (χ4n) is 2.30. The Morgan fingerprint density at radius 3 is 2.61 bits per heavy atom. The Kier molecular flexibility index (Phi) is 4.52. The van der Waals surface area contributed by atoms with Gasteiger partial charge in [0.1, 0.15) is 5.82 Å². The second-order valence-electron chi connectivity index (χ2n) is 5.55. The first-order valence-electron chi connectivity index (χ1n) is 7.66. The number of benzene rings is 2. The van der Waals surface area contributed by atoms with Crippen LogP contribution in [0, 0.1) is 13.8 Å². The first-order valence-corrected chi connectivity index (χ1v) is 7.66. The number of rotatable bonds is 5. The summed E-state index contributed by atoms with van der Waals surface area (Å²) >= 11 is 0. The molecule has 0 aliphatic carbocycles. The molecular weight excluding hydrogens is 284 g/mol. The third-order valence-corrected chi connectivity index (χ3v) is 3.61. The molecular formula is C19H20N4. The lowest BCUT2D eigenvalue weighted by atomic mass is 10.1. The summed E-state index contributed by atoms with van der Waals surface area (Å²) in [4.78, 5) is 8.82. The van der Waals surface area contributed by atoms with Crippen LogP contribution in [0.5, 0.6) is 0 Å². The van der Waals surface area contributed by atoms with Crippen molar-refractivity contribution < 1.29 is 0 Å². The normalized spacial score (nSPS) is 10.3. The van der Waals surface area contributed by atoms with Crippen LogP contribution in [0.15, 0.2) is 60.8 Å². The second-order valence-corrected chi connectivity index (χ2v) is 5.55. The molecule has 0 aliphatic heterocycles. The van der Waals surface area contributed by atoms with Gasteiger partial charge in [0.25, 0.3) is 0 Å². The van der Waals surface area contributed by atoms with Gasteiger partial charge >= 0.3 is 0 Å². The van der Waals surface area contributed by atoms with Crippen molar-refractivity contribution in [2.45, 2.75) is 20.4 Å². The predicted molar refractivity (Wildman–Crippen MR) is 95.0 cm³/mol. The number of hydrogen-bond acceptors (Lipinski definition) is 4. The monoisotopic (exact) mass is 304 g/mol. The number of nitrogens with zero attached hydrogens (tertiary/aromatic N) is 2. The topological polar surface area (TPSA) is 49.8 Å². The second kappa shape index (κ2) is 6.92. The van der Waals surface area contributed by atoms with Crippen LogP contribution in [0.3, 0.4) is 0 Å². The predicted octanol–water partition coefficient (Wildman–Crippen LogP) is 4.45. The average Bonchev–Trinajstić information content (AvgIpc) is 2.58. The Labute approximate surface area is 136 Å². The molecule has 0 saturated heterocycles. The van der Waals surface area contributed by atoms with E-state index in [-0.39, 0.29) is 0 Å². The first-order chi connectivity index (χ1) is 11.2. The SMILES string of the molecule is Cc1ccc(C)c(Nc2nccc(NCc3ccccc3)n2)c1. The van der Waals surface area contributed by atoms with Crippen molar-refractivity contribution >= 4 is 17.5 Å². The molecule has 2 aromatic carbocycles. The molecule has 3 rings (SSSR count). The largest absolute Gasteiger partial charge is 0.366 e. The molecule has 1 aromatic heterocycles. The molecule has 0 amide bonds. The molecule has 2 N–H and O–H groups in total. The molecule has 0 saturated carbocycles. The van der Waals surface area contributed by atoms with Gasteiger partial charge in [-0.25, -0.2) is 4.98 Å². The lowest BCUT2D eigenvalue weighted by Gasteiger charge is -2.11. The number of nitrogens with one attached hydrogen (secondary N) is 2. The molecule has 3 aromatic rings. The van der Waals surface area contributed by atoms with Crippen LogP contribution in [0.25, 0.3) is 0 Å². The molecule has 0 spiro atoms. The molecule has 1 heterocycles. The summed E-state index contributed by atoms with van der Waals surface area (Å²) in [5.41, 5.74) is 4.62. The van der Waals surface area contributed by atoms with Gasteiger partial charge in [-0.15, -0.1) is 0 Å². The average molecular weight is 304 g/mol. The van der Waals surface area contributed by atoms with Crippen molar-refractivity contribution in [3.8, 4) is 0 Å². The summed E-state index contributed by atoms with van der Waals surface area (Å²) in [5.74, 6) is 1.40. The van der Waals surface area contributed by atoms with Crippen LogP contribution in [0.4, 0.5) is 17.5 Å². The summed E-state index contributed by atoms with van der Waals surface area (Å²) in [5, 5.41) is 6.61. The maximum Gasteiger partial charge on any atom is 0.229 e. The van der Waals surface area contributed by atoms with E-state index in [9.17, 15) is 0 Å². The minimum Gasteiger partial charge on any atom is -0.366 e. The highest BCUT2D eigenvalue weighted by atomic mass is 15.1. The van der Waals surface area contributed by atoms with Crippen LogP contribution in [-0.4, -0.2) is 9.97 Å². The summed E-state index contributed by atoms with van der Waals surface area (Å²) in [6.07, 6.45) is 1.76.